The maximum atomic E-state index is 11.1. The van der Waals surface area contributed by atoms with E-state index in [0.717, 1.165) is 16.7 Å². The van der Waals surface area contributed by atoms with E-state index in [4.69, 9.17) is 19.3 Å². The molecule has 2 aliphatic heterocycles. The lowest BCUT2D eigenvalue weighted by Crippen LogP contribution is -2.21. The summed E-state index contributed by atoms with van der Waals surface area (Å²) >= 11 is 0. The average molecular weight is 416 g/mol. The van der Waals surface area contributed by atoms with Crippen molar-refractivity contribution in [2.24, 2.45) is 0 Å². The Balaban J connectivity index is 1.43. The van der Waals surface area contributed by atoms with Crippen molar-refractivity contribution in [3.63, 3.8) is 0 Å². The van der Waals surface area contributed by atoms with Gasteiger partial charge in [0.25, 0.3) is 0 Å². The standard InChI is InChI=1S/C26H24O5/c1-15-5-3-6-16(2)26(15)18-8-4-7-17(9-18)24-14-30-22-11-20-19(10-25(27)28)13-29-21(20)12-23(22)31-24/h3-9,11-12,19,24H,10,13-14H2,1-2H3,(H,27,28)/t19-,24-/m1/s1. The van der Waals surface area contributed by atoms with Crippen LogP contribution in [0.1, 0.15) is 40.7 Å². The highest BCUT2D eigenvalue weighted by molar-refractivity contribution is 5.71. The SMILES string of the molecule is Cc1cccc(C)c1-c1cccc([C@H]2COc3cc4c(cc3O2)OC[C@H]4CC(=O)O)c1. The molecule has 3 aromatic rings. The summed E-state index contributed by atoms with van der Waals surface area (Å²) in [5.41, 5.74) is 6.82. The summed E-state index contributed by atoms with van der Waals surface area (Å²) in [7, 11) is 0. The number of carbonyl (C=O) groups is 1. The van der Waals surface area contributed by atoms with Crippen LogP contribution in [-0.4, -0.2) is 24.3 Å². The molecule has 0 aliphatic carbocycles. The Morgan fingerprint density at radius 3 is 2.45 bits per heavy atom. The number of fused-ring (bicyclic) bond motifs is 2. The summed E-state index contributed by atoms with van der Waals surface area (Å²) in [5, 5.41) is 9.13. The average Bonchev–Trinajstić information content (AvgIpc) is 3.13. The number of aryl methyl sites for hydroxylation is 2. The highest BCUT2D eigenvalue weighted by Crippen LogP contribution is 2.46. The molecule has 31 heavy (non-hydrogen) atoms. The fourth-order valence-corrected chi connectivity index (χ4v) is 4.55. The molecule has 1 N–H and O–H groups in total. The van der Waals surface area contributed by atoms with Crippen molar-refractivity contribution in [2.75, 3.05) is 13.2 Å². The molecule has 2 atom stereocenters. The van der Waals surface area contributed by atoms with Gasteiger partial charge in [-0.1, -0.05) is 36.4 Å². The number of hydrogen-bond acceptors (Lipinski definition) is 4. The minimum Gasteiger partial charge on any atom is -0.492 e. The van der Waals surface area contributed by atoms with E-state index in [0.29, 0.717) is 30.5 Å². The van der Waals surface area contributed by atoms with Gasteiger partial charge in [-0.25, -0.2) is 0 Å². The molecule has 2 aliphatic rings. The Morgan fingerprint density at radius 2 is 1.68 bits per heavy atom. The van der Waals surface area contributed by atoms with E-state index in [-0.39, 0.29) is 18.4 Å². The van der Waals surface area contributed by atoms with E-state index < -0.39 is 5.97 Å². The Kier molecular flexibility index (Phi) is 4.81. The van der Waals surface area contributed by atoms with Gasteiger partial charge in [0.15, 0.2) is 17.6 Å². The van der Waals surface area contributed by atoms with E-state index in [1.165, 1.54) is 16.7 Å². The topological polar surface area (TPSA) is 65.0 Å². The first kappa shape index (κ1) is 19.5. The number of hydrogen-bond donors (Lipinski definition) is 1. The summed E-state index contributed by atoms with van der Waals surface area (Å²) in [5.74, 6) is 0.956. The quantitative estimate of drug-likeness (QED) is 0.614. The Morgan fingerprint density at radius 1 is 0.935 bits per heavy atom. The third-order valence-electron chi connectivity index (χ3n) is 6.06. The van der Waals surface area contributed by atoms with Gasteiger partial charge in [0.1, 0.15) is 12.4 Å². The fourth-order valence-electron chi connectivity index (χ4n) is 4.55. The largest absolute Gasteiger partial charge is 0.492 e. The number of ether oxygens (including phenoxy) is 3. The molecule has 5 heteroatoms. The fraction of sp³-hybridized carbons (Fsp3) is 0.269. The number of carboxylic acids is 1. The van der Waals surface area contributed by atoms with E-state index in [2.05, 4.69) is 56.3 Å². The zero-order chi connectivity index (χ0) is 21.5. The van der Waals surface area contributed by atoms with Crippen LogP contribution in [0.25, 0.3) is 11.1 Å². The van der Waals surface area contributed by atoms with Crippen LogP contribution in [0.5, 0.6) is 17.2 Å². The van der Waals surface area contributed by atoms with Gasteiger partial charge in [-0.3, -0.25) is 4.79 Å². The van der Waals surface area contributed by atoms with Crippen LogP contribution in [0.3, 0.4) is 0 Å². The maximum Gasteiger partial charge on any atom is 0.304 e. The lowest BCUT2D eigenvalue weighted by atomic mass is 9.93. The molecule has 0 saturated heterocycles. The minimum absolute atomic E-state index is 0.0420. The summed E-state index contributed by atoms with van der Waals surface area (Å²) in [4.78, 5) is 11.1. The predicted molar refractivity (Wildman–Crippen MR) is 117 cm³/mol. The molecule has 0 spiro atoms. The van der Waals surface area contributed by atoms with Crippen molar-refractivity contribution in [3.05, 3.63) is 76.9 Å². The zero-order valence-corrected chi connectivity index (χ0v) is 17.6. The number of aliphatic carboxylic acids is 1. The molecule has 0 unspecified atom stereocenters. The van der Waals surface area contributed by atoms with E-state index in [1.807, 2.05) is 12.1 Å². The van der Waals surface area contributed by atoms with Gasteiger partial charge in [-0.15, -0.1) is 0 Å². The molecule has 0 fully saturated rings. The lowest BCUT2D eigenvalue weighted by Gasteiger charge is -2.28. The Bertz CT molecular complexity index is 1150. The highest BCUT2D eigenvalue weighted by Gasteiger charge is 2.31. The third kappa shape index (κ3) is 3.61. The molecule has 3 aromatic carbocycles. The van der Waals surface area contributed by atoms with Gasteiger partial charge in [0.2, 0.25) is 0 Å². The monoisotopic (exact) mass is 416 g/mol. The first-order valence-electron chi connectivity index (χ1n) is 10.5. The maximum absolute atomic E-state index is 11.1. The van der Waals surface area contributed by atoms with Crippen molar-refractivity contribution >= 4 is 5.97 Å². The highest BCUT2D eigenvalue weighted by atomic mass is 16.6. The molecule has 2 heterocycles. The summed E-state index contributed by atoms with van der Waals surface area (Å²) in [6.07, 6.45) is -0.188. The third-order valence-corrected chi connectivity index (χ3v) is 6.06. The van der Waals surface area contributed by atoms with Crippen molar-refractivity contribution in [3.8, 4) is 28.4 Å². The van der Waals surface area contributed by atoms with Crippen molar-refractivity contribution in [1.82, 2.24) is 0 Å². The van der Waals surface area contributed by atoms with Gasteiger partial charge in [0.05, 0.1) is 13.0 Å². The molecule has 5 rings (SSSR count). The molecular formula is C26H24O5. The summed E-state index contributed by atoms with van der Waals surface area (Å²) in [6, 6.07) is 18.4. The normalized spacial score (nSPS) is 18.9. The van der Waals surface area contributed by atoms with Crippen LogP contribution in [0.4, 0.5) is 0 Å². The van der Waals surface area contributed by atoms with Crippen LogP contribution >= 0.6 is 0 Å². The number of benzene rings is 3. The molecule has 0 radical (unpaired) electrons. The first-order valence-corrected chi connectivity index (χ1v) is 10.5. The Labute approximate surface area is 181 Å². The van der Waals surface area contributed by atoms with Gasteiger partial charge in [-0.2, -0.15) is 0 Å². The second kappa shape index (κ2) is 7.65. The van der Waals surface area contributed by atoms with Crippen molar-refractivity contribution in [2.45, 2.75) is 32.3 Å². The second-order valence-corrected chi connectivity index (χ2v) is 8.25. The number of rotatable bonds is 4. The van der Waals surface area contributed by atoms with Gasteiger partial charge < -0.3 is 19.3 Å². The first-order chi connectivity index (χ1) is 15.0. The summed E-state index contributed by atoms with van der Waals surface area (Å²) < 4.78 is 18.0. The Hall–Kier alpha value is -3.47. The van der Waals surface area contributed by atoms with Gasteiger partial charge in [0, 0.05) is 17.5 Å². The molecule has 0 aromatic heterocycles. The van der Waals surface area contributed by atoms with Crippen LogP contribution in [0, 0.1) is 13.8 Å². The molecule has 0 amide bonds. The predicted octanol–water partition coefficient (Wildman–Crippen LogP) is 5.43. The molecule has 0 bridgehead atoms. The van der Waals surface area contributed by atoms with Gasteiger partial charge in [-0.05, 0) is 53.8 Å². The molecule has 5 nitrogen and oxygen atoms in total. The van der Waals surface area contributed by atoms with E-state index in [1.54, 1.807) is 0 Å². The van der Waals surface area contributed by atoms with E-state index in [9.17, 15) is 4.79 Å². The van der Waals surface area contributed by atoms with Crippen molar-refractivity contribution < 1.29 is 24.1 Å². The molecular weight excluding hydrogens is 392 g/mol. The summed E-state index contributed by atoms with van der Waals surface area (Å²) in [6.45, 7) is 5.02. The van der Waals surface area contributed by atoms with Crippen LogP contribution < -0.4 is 14.2 Å². The van der Waals surface area contributed by atoms with Crippen LogP contribution in [-0.2, 0) is 4.79 Å². The number of carboxylic acid groups (broad SMARTS) is 1. The van der Waals surface area contributed by atoms with E-state index >= 15 is 0 Å². The van der Waals surface area contributed by atoms with Crippen LogP contribution in [0.2, 0.25) is 0 Å². The van der Waals surface area contributed by atoms with Crippen LogP contribution in [0.15, 0.2) is 54.6 Å². The second-order valence-electron chi connectivity index (χ2n) is 8.25. The molecule has 158 valence electrons. The van der Waals surface area contributed by atoms with Crippen molar-refractivity contribution in [1.29, 1.82) is 0 Å². The molecule has 0 saturated carbocycles. The smallest absolute Gasteiger partial charge is 0.304 e. The zero-order valence-electron chi connectivity index (χ0n) is 17.6. The minimum atomic E-state index is -0.833. The lowest BCUT2D eigenvalue weighted by molar-refractivity contribution is -0.137. The van der Waals surface area contributed by atoms with Gasteiger partial charge >= 0.3 is 5.97 Å².